The minimum atomic E-state index is -3.32. The van der Waals surface area contributed by atoms with E-state index in [1.165, 1.54) is 24.3 Å². The summed E-state index contributed by atoms with van der Waals surface area (Å²) in [7, 11) is -3.32. The summed E-state index contributed by atoms with van der Waals surface area (Å²) in [5, 5.41) is 4.46. The molecule has 5 nitrogen and oxygen atoms in total. The second kappa shape index (κ2) is 7.80. The maximum Gasteiger partial charge on any atom is 0.275 e. The standard InChI is InChI=1S/C23H23FN2O3S/c1-15-3-10-19(13-15)26-23(27)22(17-4-8-18(24)9-5-17)21(14-25-26)16-6-11-20(12-7-16)30(2,28)29/h4-9,11-12,14-15,19H,3,10,13H2,1-2H3. The van der Waals surface area contributed by atoms with Crippen molar-refractivity contribution in [2.75, 3.05) is 6.26 Å². The predicted octanol–water partition coefficient (Wildman–Crippen LogP) is 4.48. The highest BCUT2D eigenvalue weighted by Crippen LogP contribution is 2.35. The van der Waals surface area contributed by atoms with Gasteiger partial charge in [-0.3, -0.25) is 4.79 Å². The first kappa shape index (κ1) is 20.5. The van der Waals surface area contributed by atoms with E-state index >= 15 is 0 Å². The summed E-state index contributed by atoms with van der Waals surface area (Å²) in [6.07, 6.45) is 5.66. The normalized spacial score (nSPS) is 19.2. The predicted molar refractivity (Wildman–Crippen MR) is 114 cm³/mol. The molecule has 30 heavy (non-hydrogen) atoms. The lowest BCUT2D eigenvalue weighted by molar-refractivity contribution is 0.431. The van der Waals surface area contributed by atoms with Gasteiger partial charge < -0.3 is 0 Å². The molecule has 1 saturated carbocycles. The average molecular weight is 427 g/mol. The van der Waals surface area contributed by atoms with Gasteiger partial charge in [-0.1, -0.05) is 31.2 Å². The maximum atomic E-state index is 13.5. The molecule has 0 saturated heterocycles. The Morgan fingerprint density at radius 3 is 2.20 bits per heavy atom. The molecule has 0 aliphatic heterocycles. The van der Waals surface area contributed by atoms with Crippen molar-refractivity contribution in [1.29, 1.82) is 0 Å². The van der Waals surface area contributed by atoms with Crippen molar-refractivity contribution in [1.82, 2.24) is 9.78 Å². The van der Waals surface area contributed by atoms with Gasteiger partial charge >= 0.3 is 0 Å². The summed E-state index contributed by atoms with van der Waals surface area (Å²) < 4.78 is 38.6. The summed E-state index contributed by atoms with van der Waals surface area (Å²) in [6.45, 7) is 2.17. The highest BCUT2D eigenvalue weighted by Gasteiger charge is 2.26. The van der Waals surface area contributed by atoms with E-state index in [0.29, 0.717) is 28.2 Å². The lowest BCUT2D eigenvalue weighted by Gasteiger charge is -2.17. The Morgan fingerprint density at radius 2 is 1.63 bits per heavy atom. The zero-order chi connectivity index (χ0) is 21.5. The lowest BCUT2D eigenvalue weighted by Crippen LogP contribution is -2.28. The fourth-order valence-corrected chi connectivity index (χ4v) is 4.75. The Bertz CT molecular complexity index is 1230. The molecule has 156 valence electrons. The van der Waals surface area contributed by atoms with Crippen LogP contribution in [0.1, 0.15) is 32.2 Å². The molecule has 0 radical (unpaired) electrons. The number of halogens is 1. The first-order valence-corrected chi connectivity index (χ1v) is 11.8. The lowest BCUT2D eigenvalue weighted by atomic mass is 9.97. The Kier molecular flexibility index (Phi) is 5.32. The fraction of sp³-hybridized carbons (Fsp3) is 0.304. The number of sulfone groups is 1. The Morgan fingerprint density at radius 1 is 1.00 bits per heavy atom. The van der Waals surface area contributed by atoms with E-state index in [1.807, 2.05) is 0 Å². The van der Waals surface area contributed by atoms with E-state index in [2.05, 4.69) is 12.0 Å². The number of hydrogen-bond donors (Lipinski definition) is 0. The average Bonchev–Trinajstić information content (AvgIpc) is 3.14. The van der Waals surface area contributed by atoms with E-state index in [1.54, 1.807) is 35.1 Å². The first-order chi connectivity index (χ1) is 14.2. The van der Waals surface area contributed by atoms with Crippen molar-refractivity contribution in [3.05, 3.63) is 70.9 Å². The van der Waals surface area contributed by atoms with Gasteiger partial charge in [-0.25, -0.2) is 17.5 Å². The monoisotopic (exact) mass is 426 g/mol. The van der Waals surface area contributed by atoms with Gasteiger partial charge in [0.25, 0.3) is 5.56 Å². The number of benzene rings is 2. The fourth-order valence-electron chi connectivity index (χ4n) is 4.12. The van der Waals surface area contributed by atoms with Crippen LogP contribution in [-0.4, -0.2) is 24.5 Å². The maximum absolute atomic E-state index is 13.5. The highest BCUT2D eigenvalue weighted by molar-refractivity contribution is 7.90. The van der Waals surface area contributed by atoms with Crippen molar-refractivity contribution in [3.8, 4) is 22.3 Å². The van der Waals surface area contributed by atoms with Crippen LogP contribution >= 0.6 is 0 Å². The number of hydrogen-bond acceptors (Lipinski definition) is 4. The van der Waals surface area contributed by atoms with Gasteiger partial charge in [0.1, 0.15) is 5.82 Å². The summed E-state index contributed by atoms with van der Waals surface area (Å²) >= 11 is 0. The van der Waals surface area contributed by atoms with E-state index in [4.69, 9.17) is 0 Å². The van der Waals surface area contributed by atoms with Crippen molar-refractivity contribution in [2.45, 2.75) is 37.1 Å². The van der Waals surface area contributed by atoms with Crippen LogP contribution in [0.4, 0.5) is 4.39 Å². The van der Waals surface area contributed by atoms with E-state index in [9.17, 15) is 17.6 Å². The van der Waals surface area contributed by atoms with Crippen LogP contribution in [0.3, 0.4) is 0 Å². The molecule has 4 rings (SSSR count). The number of rotatable bonds is 4. The molecule has 0 bridgehead atoms. The van der Waals surface area contributed by atoms with Crippen LogP contribution in [0.15, 0.2) is 64.4 Å². The highest BCUT2D eigenvalue weighted by atomic mass is 32.2. The Labute approximate surface area is 175 Å². The smallest absolute Gasteiger partial charge is 0.267 e. The molecular weight excluding hydrogens is 403 g/mol. The zero-order valence-electron chi connectivity index (χ0n) is 16.9. The second-order valence-electron chi connectivity index (χ2n) is 8.06. The van der Waals surface area contributed by atoms with Gasteiger partial charge in [0, 0.05) is 11.8 Å². The molecule has 2 aromatic carbocycles. The molecule has 7 heteroatoms. The van der Waals surface area contributed by atoms with Crippen LogP contribution in [0.5, 0.6) is 0 Å². The third kappa shape index (κ3) is 3.94. The zero-order valence-corrected chi connectivity index (χ0v) is 17.7. The van der Waals surface area contributed by atoms with Crippen molar-refractivity contribution in [2.24, 2.45) is 5.92 Å². The minimum Gasteiger partial charge on any atom is -0.267 e. The molecular formula is C23H23FN2O3S. The van der Waals surface area contributed by atoms with Crippen LogP contribution in [0.2, 0.25) is 0 Å². The largest absolute Gasteiger partial charge is 0.275 e. The van der Waals surface area contributed by atoms with Gasteiger partial charge in [0.05, 0.1) is 22.7 Å². The van der Waals surface area contributed by atoms with Crippen molar-refractivity contribution < 1.29 is 12.8 Å². The van der Waals surface area contributed by atoms with Crippen LogP contribution < -0.4 is 5.56 Å². The van der Waals surface area contributed by atoms with E-state index in [0.717, 1.165) is 25.5 Å². The first-order valence-electron chi connectivity index (χ1n) is 9.92. The molecule has 2 unspecified atom stereocenters. The van der Waals surface area contributed by atoms with Crippen LogP contribution in [-0.2, 0) is 9.84 Å². The molecule has 1 heterocycles. The molecule has 0 N–H and O–H groups in total. The summed E-state index contributed by atoms with van der Waals surface area (Å²) in [5.41, 5.74) is 2.10. The number of aromatic nitrogens is 2. The van der Waals surface area contributed by atoms with Crippen molar-refractivity contribution in [3.63, 3.8) is 0 Å². The SMILES string of the molecule is CC1CCC(n2ncc(-c3ccc(S(C)(=O)=O)cc3)c(-c3ccc(F)cc3)c2=O)C1. The third-order valence-electron chi connectivity index (χ3n) is 5.74. The van der Waals surface area contributed by atoms with E-state index < -0.39 is 9.84 Å². The van der Waals surface area contributed by atoms with Crippen LogP contribution in [0, 0.1) is 11.7 Å². The summed E-state index contributed by atoms with van der Waals surface area (Å²) in [5.74, 6) is 0.165. The summed E-state index contributed by atoms with van der Waals surface area (Å²) in [4.78, 5) is 13.7. The topological polar surface area (TPSA) is 69.0 Å². The molecule has 1 aromatic heterocycles. The van der Waals surface area contributed by atoms with Crippen LogP contribution in [0.25, 0.3) is 22.3 Å². The molecule has 0 amide bonds. The van der Waals surface area contributed by atoms with Gasteiger partial charge in [0.2, 0.25) is 0 Å². The molecule has 0 spiro atoms. The van der Waals surface area contributed by atoms with Gasteiger partial charge in [-0.05, 0) is 60.6 Å². The second-order valence-corrected chi connectivity index (χ2v) is 10.1. The van der Waals surface area contributed by atoms with Crippen molar-refractivity contribution >= 4 is 9.84 Å². The minimum absolute atomic E-state index is 0.0494. The summed E-state index contributed by atoms with van der Waals surface area (Å²) in [6, 6.07) is 12.2. The molecule has 1 fully saturated rings. The Balaban J connectivity index is 1.89. The van der Waals surface area contributed by atoms with Gasteiger partial charge in [-0.2, -0.15) is 5.10 Å². The molecule has 3 aromatic rings. The Hall–Kier alpha value is -2.80. The van der Waals surface area contributed by atoms with Gasteiger partial charge in [-0.15, -0.1) is 0 Å². The molecule has 2 atom stereocenters. The van der Waals surface area contributed by atoms with Gasteiger partial charge in [0.15, 0.2) is 9.84 Å². The molecule has 1 aliphatic carbocycles. The quantitative estimate of drug-likeness (QED) is 0.617. The third-order valence-corrected chi connectivity index (χ3v) is 6.87. The van der Waals surface area contributed by atoms with E-state index in [-0.39, 0.29) is 22.3 Å². The molecule has 1 aliphatic rings. The number of nitrogens with zero attached hydrogens (tertiary/aromatic N) is 2.